The molecule has 0 saturated carbocycles. The largest absolute Gasteiger partial charge is 0.494 e. The van der Waals surface area contributed by atoms with Gasteiger partial charge in [0.15, 0.2) is 11.5 Å². The number of allylic oxidation sites excluding steroid dienone is 2. The van der Waals surface area contributed by atoms with Gasteiger partial charge in [0, 0.05) is 12.2 Å². The van der Waals surface area contributed by atoms with Gasteiger partial charge in [0.2, 0.25) is 11.6 Å². The molecule has 0 aliphatic heterocycles. The summed E-state index contributed by atoms with van der Waals surface area (Å²) < 4.78 is 22.2. The zero-order valence-corrected chi connectivity index (χ0v) is 37.3. The smallest absolute Gasteiger partial charge is 0.343 e. The van der Waals surface area contributed by atoms with Crippen molar-refractivity contribution >= 4 is 23.5 Å². The minimum Gasteiger partial charge on any atom is -0.494 e. The van der Waals surface area contributed by atoms with E-state index in [4.69, 9.17) is 18.9 Å². The van der Waals surface area contributed by atoms with E-state index in [1.807, 2.05) is 0 Å². The van der Waals surface area contributed by atoms with E-state index in [-0.39, 0.29) is 11.1 Å². The Morgan fingerprint density at radius 3 is 0.883 bits per heavy atom. The fraction of sp³-hybridized carbons (Fsp3) is 0.615. The predicted octanol–water partition coefficient (Wildman–Crippen LogP) is 14.3. The van der Waals surface area contributed by atoms with E-state index in [0.29, 0.717) is 24.7 Å². The lowest BCUT2D eigenvalue weighted by molar-refractivity contribution is -0.118. The van der Waals surface area contributed by atoms with Crippen molar-refractivity contribution in [3.05, 3.63) is 83.3 Å². The fourth-order valence-corrected chi connectivity index (χ4v) is 7.35. The number of benzene rings is 2. The minimum atomic E-state index is -0.790. The Morgan fingerprint density at radius 1 is 0.367 bits per heavy atom. The molecule has 0 heterocycles. The molecule has 0 fully saturated rings. The number of carbonyl (C=O) groups excluding carboxylic acids is 4. The third-order valence-electron chi connectivity index (χ3n) is 11.1. The van der Waals surface area contributed by atoms with Crippen molar-refractivity contribution in [1.29, 1.82) is 0 Å². The molecule has 0 amide bonds. The SMILES string of the molecule is CCCCCCCCCCCCCCCCOc1ccc(C(=O)OC2=CC(=O)C(OC(=O)c3ccc(OCCCCCCCCCCCCCCCC)cc3)=CC2=O)cc1. The highest BCUT2D eigenvalue weighted by atomic mass is 16.5. The highest BCUT2D eigenvalue weighted by molar-refractivity contribution is 6.19. The van der Waals surface area contributed by atoms with Crippen LogP contribution in [-0.4, -0.2) is 36.7 Å². The van der Waals surface area contributed by atoms with Crippen LogP contribution in [0.25, 0.3) is 0 Å². The van der Waals surface area contributed by atoms with Gasteiger partial charge in [0.25, 0.3) is 0 Å². The van der Waals surface area contributed by atoms with Crippen molar-refractivity contribution in [2.75, 3.05) is 13.2 Å². The first-order valence-corrected chi connectivity index (χ1v) is 23.8. The first kappa shape index (κ1) is 50.2. The zero-order chi connectivity index (χ0) is 42.9. The maximum absolute atomic E-state index is 12.8. The Hall–Kier alpha value is -4.20. The Balaban J connectivity index is 1.23. The summed E-state index contributed by atoms with van der Waals surface area (Å²) in [5, 5.41) is 0. The molecule has 0 N–H and O–H groups in total. The molecule has 0 radical (unpaired) electrons. The van der Waals surface area contributed by atoms with Crippen LogP contribution in [-0.2, 0) is 19.1 Å². The van der Waals surface area contributed by atoms with Crippen LogP contribution >= 0.6 is 0 Å². The summed E-state index contributed by atoms with van der Waals surface area (Å²) in [5.74, 6) is -2.70. The highest BCUT2D eigenvalue weighted by Gasteiger charge is 2.27. The molecule has 0 unspecified atom stereocenters. The standard InChI is InChI=1S/C52H76O8/c1-3-5-7-9-11-13-15-17-19-21-23-25-27-29-39-57-45-35-31-43(32-36-45)51(55)59-49-41-48(54)50(42-47(49)53)60-52(56)44-33-37-46(38-34-44)58-40-30-28-26-24-22-20-18-16-14-12-10-8-6-4-2/h31-38,41-42H,3-30,39-40H2,1-2H3. The van der Waals surface area contributed by atoms with Crippen LogP contribution in [0, 0.1) is 0 Å². The third kappa shape index (κ3) is 22.4. The number of esters is 2. The van der Waals surface area contributed by atoms with Gasteiger partial charge in [-0.25, -0.2) is 9.59 Å². The van der Waals surface area contributed by atoms with Crippen LogP contribution in [0.1, 0.15) is 214 Å². The van der Waals surface area contributed by atoms with E-state index >= 15 is 0 Å². The lowest BCUT2D eigenvalue weighted by Gasteiger charge is -2.13. The molecular formula is C52H76O8. The van der Waals surface area contributed by atoms with Gasteiger partial charge in [-0.3, -0.25) is 9.59 Å². The van der Waals surface area contributed by atoms with Crippen molar-refractivity contribution in [2.24, 2.45) is 0 Å². The van der Waals surface area contributed by atoms with Gasteiger partial charge < -0.3 is 18.9 Å². The average molecular weight is 829 g/mol. The number of carbonyl (C=O) groups is 4. The van der Waals surface area contributed by atoms with Crippen molar-refractivity contribution in [3.63, 3.8) is 0 Å². The van der Waals surface area contributed by atoms with Crippen LogP contribution in [0.2, 0.25) is 0 Å². The summed E-state index contributed by atoms with van der Waals surface area (Å²) in [7, 11) is 0. The number of ether oxygens (including phenoxy) is 4. The zero-order valence-electron chi connectivity index (χ0n) is 37.3. The molecular weight excluding hydrogens is 753 g/mol. The normalized spacial score (nSPS) is 12.6. The number of ketones is 2. The van der Waals surface area contributed by atoms with E-state index in [1.54, 1.807) is 48.5 Å². The number of hydrogen-bond donors (Lipinski definition) is 0. The van der Waals surface area contributed by atoms with Crippen molar-refractivity contribution in [3.8, 4) is 11.5 Å². The van der Waals surface area contributed by atoms with Crippen molar-refractivity contribution in [2.45, 2.75) is 194 Å². The van der Waals surface area contributed by atoms with E-state index in [0.717, 1.165) is 37.8 Å². The van der Waals surface area contributed by atoms with Crippen LogP contribution < -0.4 is 9.47 Å². The molecule has 60 heavy (non-hydrogen) atoms. The van der Waals surface area contributed by atoms with Gasteiger partial charge in [0.05, 0.1) is 24.3 Å². The van der Waals surface area contributed by atoms with Crippen LogP contribution in [0.15, 0.2) is 72.2 Å². The Labute approximate surface area is 362 Å². The molecule has 0 aromatic heterocycles. The van der Waals surface area contributed by atoms with E-state index < -0.39 is 35.0 Å². The van der Waals surface area contributed by atoms with Crippen LogP contribution in [0.3, 0.4) is 0 Å². The highest BCUT2D eigenvalue weighted by Crippen LogP contribution is 2.21. The molecule has 8 nitrogen and oxygen atoms in total. The molecule has 0 saturated heterocycles. The maximum Gasteiger partial charge on any atom is 0.343 e. The monoisotopic (exact) mass is 829 g/mol. The van der Waals surface area contributed by atoms with E-state index in [1.165, 1.54) is 154 Å². The van der Waals surface area contributed by atoms with Crippen LogP contribution in [0.5, 0.6) is 11.5 Å². The molecule has 8 heteroatoms. The van der Waals surface area contributed by atoms with Crippen LogP contribution in [0.4, 0.5) is 0 Å². The van der Waals surface area contributed by atoms with Gasteiger partial charge in [-0.05, 0) is 61.4 Å². The van der Waals surface area contributed by atoms with Crippen molar-refractivity contribution in [1.82, 2.24) is 0 Å². The van der Waals surface area contributed by atoms with Gasteiger partial charge in [-0.2, -0.15) is 0 Å². The summed E-state index contributed by atoms with van der Waals surface area (Å²) in [5.41, 5.74) is 0.404. The van der Waals surface area contributed by atoms with Gasteiger partial charge in [-0.1, -0.05) is 181 Å². The second-order valence-electron chi connectivity index (χ2n) is 16.5. The summed E-state index contributed by atoms with van der Waals surface area (Å²) in [6.45, 7) is 5.73. The first-order valence-electron chi connectivity index (χ1n) is 23.8. The predicted molar refractivity (Wildman–Crippen MR) is 242 cm³/mol. The fourth-order valence-electron chi connectivity index (χ4n) is 7.35. The second-order valence-corrected chi connectivity index (χ2v) is 16.5. The first-order chi connectivity index (χ1) is 29.4. The number of unbranched alkanes of at least 4 members (excludes halogenated alkanes) is 26. The number of rotatable bonds is 36. The maximum atomic E-state index is 12.8. The Kier molecular flexibility index (Phi) is 27.2. The minimum absolute atomic E-state index is 0.202. The molecule has 0 bridgehead atoms. The molecule has 0 spiro atoms. The Morgan fingerprint density at radius 2 is 0.617 bits per heavy atom. The summed E-state index contributed by atoms with van der Waals surface area (Å²) in [4.78, 5) is 51.0. The van der Waals surface area contributed by atoms with Gasteiger partial charge in [-0.15, -0.1) is 0 Å². The quantitative estimate of drug-likeness (QED) is 0.0380. The molecule has 2 aromatic rings. The summed E-state index contributed by atoms with van der Waals surface area (Å²) in [6, 6.07) is 12.9. The topological polar surface area (TPSA) is 105 Å². The van der Waals surface area contributed by atoms with Gasteiger partial charge in [0.1, 0.15) is 11.5 Å². The van der Waals surface area contributed by atoms with Crippen molar-refractivity contribution < 1.29 is 38.1 Å². The summed E-state index contributed by atoms with van der Waals surface area (Å²) >= 11 is 0. The molecule has 0 atom stereocenters. The Bertz CT molecular complexity index is 1440. The van der Waals surface area contributed by atoms with Gasteiger partial charge >= 0.3 is 11.9 Å². The average Bonchev–Trinajstić information content (AvgIpc) is 3.25. The second kappa shape index (κ2) is 32.6. The van der Waals surface area contributed by atoms with E-state index in [9.17, 15) is 19.2 Å². The summed E-state index contributed by atoms with van der Waals surface area (Å²) in [6.07, 6.45) is 38.1. The molecule has 2 aromatic carbocycles. The van der Waals surface area contributed by atoms with E-state index in [2.05, 4.69) is 13.8 Å². The number of hydrogen-bond acceptors (Lipinski definition) is 8. The third-order valence-corrected chi connectivity index (χ3v) is 11.1. The lowest BCUT2D eigenvalue weighted by Crippen LogP contribution is -2.20. The molecule has 1 aliphatic rings. The molecule has 3 rings (SSSR count). The molecule has 332 valence electrons. The lowest BCUT2D eigenvalue weighted by atomic mass is 10.0. The molecule has 1 aliphatic carbocycles.